The summed E-state index contributed by atoms with van der Waals surface area (Å²) in [5.74, 6) is -1.07. The zero-order chi connectivity index (χ0) is 21.8. The Hall–Kier alpha value is -3.08. The average molecular weight is 446 g/mol. The molecule has 162 valence electrons. The summed E-state index contributed by atoms with van der Waals surface area (Å²) in [6.45, 7) is 0.427. The number of rotatable bonds is 6. The normalized spacial score (nSPS) is 15.0. The lowest BCUT2D eigenvalue weighted by Gasteiger charge is -2.26. The number of benzene rings is 2. The first-order valence-corrected chi connectivity index (χ1v) is 10.9. The SMILES string of the molecule is O=C(OCc1ncc(-c2ccccc2)o1)c1ccc(F)c(S(=O)(=O)N2CCOCC2)c1. The van der Waals surface area contributed by atoms with Crippen molar-refractivity contribution in [3.8, 4) is 11.3 Å². The summed E-state index contributed by atoms with van der Waals surface area (Å²) in [6, 6.07) is 12.4. The van der Waals surface area contributed by atoms with E-state index in [1.807, 2.05) is 30.3 Å². The largest absolute Gasteiger partial charge is 0.452 e. The van der Waals surface area contributed by atoms with Gasteiger partial charge in [0, 0.05) is 18.7 Å². The second kappa shape index (κ2) is 8.96. The third kappa shape index (κ3) is 4.66. The highest BCUT2D eigenvalue weighted by molar-refractivity contribution is 7.89. The van der Waals surface area contributed by atoms with E-state index >= 15 is 0 Å². The van der Waals surface area contributed by atoms with Crippen molar-refractivity contribution in [2.75, 3.05) is 26.3 Å². The Morgan fingerprint density at radius 3 is 2.61 bits per heavy atom. The first-order chi connectivity index (χ1) is 14.9. The average Bonchev–Trinajstić information content (AvgIpc) is 3.28. The Morgan fingerprint density at radius 1 is 1.13 bits per heavy atom. The number of sulfonamides is 1. The number of morpholine rings is 1. The Morgan fingerprint density at radius 2 is 1.87 bits per heavy atom. The molecule has 1 aromatic heterocycles. The zero-order valence-corrected chi connectivity index (χ0v) is 17.2. The van der Waals surface area contributed by atoms with Crippen molar-refractivity contribution in [2.24, 2.45) is 0 Å². The number of oxazole rings is 1. The van der Waals surface area contributed by atoms with Crippen molar-refractivity contribution in [1.29, 1.82) is 0 Å². The minimum atomic E-state index is -4.10. The first-order valence-electron chi connectivity index (χ1n) is 9.50. The third-order valence-electron chi connectivity index (χ3n) is 4.69. The van der Waals surface area contributed by atoms with Crippen LogP contribution in [0.15, 0.2) is 64.0 Å². The first kappa shape index (κ1) is 21.2. The third-order valence-corrected chi connectivity index (χ3v) is 6.61. The van der Waals surface area contributed by atoms with Gasteiger partial charge in [-0.1, -0.05) is 30.3 Å². The molecule has 0 N–H and O–H groups in total. The van der Waals surface area contributed by atoms with Crippen LogP contribution in [0.4, 0.5) is 4.39 Å². The molecule has 3 aromatic rings. The maximum absolute atomic E-state index is 14.3. The van der Waals surface area contributed by atoms with Gasteiger partial charge in [-0.05, 0) is 18.2 Å². The summed E-state index contributed by atoms with van der Waals surface area (Å²) < 4.78 is 56.8. The van der Waals surface area contributed by atoms with Crippen LogP contribution in [0.1, 0.15) is 16.2 Å². The van der Waals surface area contributed by atoms with Gasteiger partial charge in [0.1, 0.15) is 10.7 Å². The van der Waals surface area contributed by atoms with E-state index in [-0.39, 0.29) is 44.4 Å². The fraction of sp³-hybridized carbons (Fsp3) is 0.238. The second-order valence-electron chi connectivity index (χ2n) is 6.72. The molecule has 0 radical (unpaired) electrons. The topological polar surface area (TPSA) is 98.9 Å². The van der Waals surface area contributed by atoms with Crippen LogP contribution in [-0.2, 0) is 26.1 Å². The van der Waals surface area contributed by atoms with Gasteiger partial charge in [0.05, 0.1) is 25.0 Å². The Bertz CT molecular complexity index is 1170. The van der Waals surface area contributed by atoms with Crippen molar-refractivity contribution in [3.05, 3.63) is 72.0 Å². The van der Waals surface area contributed by atoms with Gasteiger partial charge in [-0.2, -0.15) is 4.31 Å². The van der Waals surface area contributed by atoms with E-state index in [2.05, 4.69) is 4.98 Å². The minimum absolute atomic E-state index is 0.0944. The lowest BCUT2D eigenvalue weighted by molar-refractivity contribution is 0.0438. The van der Waals surface area contributed by atoms with Gasteiger partial charge in [-0.3, -0.25) is 0 Å². The van der Waals surface area contributed by atoms with Gasteiger partial charge in [0.15, 0.2) is 12.4 Å². The van der Waals surface area contributed by atoms with E-state index < -0.39 is 26.7 Å². The van der Waals surface area contributed by atoms with Gasteiger partial charge >= 0.3 is 5.97 Å². The molecule has 0 unspecified atom stereocenters. The molecular formula is C21H19FN2O6S. The second-order valence-corrected chi connectivity index (χ2v) is 8.63. The standard InChI is InChI=1S/C21H19FN2O6S/c22-17-7-6-16(12-19(17)31(26,27)24-8-10-28-11-9-24)21(25)29-14-20-23-13-18(30-20)15-4-2-1-3-5-15/h1-7,12-13H,8-11,14H2. The molecule has 0 spiro atoms. The summed E-state index contributed by atoms with van der Waals surface area (Å²) in [5, 5.41) is 0. The molecule has 1 saturated heterocycles. The fourth-order valence-corrected chi connectivity index (χ4v) is 4.58. The predicted molar refractivity (Wildman–Crippen MR) is 107 cm³/mol. The van der Waals surface area contributed by atoms with Crippen molar-refractivity contribution in [3.63, 3.8) is 0 Å². The molecule has 31 heavy (non-hydrogen) atoms. The molecule has 8 nitrogen and oxygen atoms in total. The summed E-state index contributed by atoms with van der Waals surface area (Å²) in [6.07, 6.45) is 1.52. The molecule has 1 aliphatic heterocycles. The van der Waals surface area contributed by atoms with Crippen LogP contribution in [0.5, 0.6) is 0 Å². The van der Waals surface area contributed by atoms with Gasteiger partial charge in [0.2, 0.25) is 15.9 Å². The predicted octanol–water partition coefficient (Wildman–Crippen LogP) is 2.86. The van der Waals surface area contributed by atoms with Gasteiger partial charge in [-0.25, -0.2) is 22.6 Å². The maximum Gasteiger partial charge on any atom is 0.338 e. The quantitative estimate of drug-likeness (QED) is 0.537. The van der Waals surface area contributed by atoms with Crippen molar-refractivity contribution in [2.45, 2.75) is 11.5 Å². The van der Waals surface area contributed by atoms with Crippen molar-refractivity contribution >= 4 is 16.0 Å². The number of ether oxygens (including phenoxy) is 2. The molecule has 4 rings (SSSR count). The summed E-state index contributed by atoms with van der Waals surface area (Å²) in [4.78, 5) is 15.9. The molecule has 1 fully saturated rings. The van der Waals surface area contributed by atoms with Crippen LogP contribution >= 0.6 is 0 Å². The van der Waals surface area contributed by atoms with Gasteiger partial charge in [-0.15, -0.1) is 0 Å². The number of esters is 1. The number of carbonyl (C=O) groups is 1. The molecule has 0 amide bonds. The van der Waals surface area contributed by atoms with Crippen LogP contribution in [0.25, 0.3) is 11.3 Å². The highest BCUT2D eigenvalue weighted by Gasteiger charge is 2.30. The highest BCUT2D eigenvalue weighted by Crippen LogP contribution is 2.23. The number of hydrogen-bond acceptors (Lipinski definition) is 7. The molecule has 0 atom stereocenters. The van der Waals surface area contributed by atoms with E-state index in [4.69, 9.17) is 13.9 Å². The smallest absolute Gasteiger partial charge is 0.338 e. The maximum atomic E-state index is 14.3. The zero-order valence-electron chi connectivity index (χ0n) is 16.4. The summed E-state index contributed by atoms with van der Waals surface area (Å²) in [5.41, 5.74) is 0.729. The highest BCUT2D eigenvalue weighted by atomic mass is 32.2. The molecule has 1 aliphatic rings. The van der Waals surface area contributed by atoms with Crippen molar-refractivity contribution < 1.29 is 31.5 Å². The van der Waals surface area contributed by atoms with Crippen LogP contribution in [0.3, 0.4) is 0 Å². The monoisotopic (exact) mass is 446 g/mol. The van der Waals surface area contributed by atoms with E-state index in [1.54, 1.807) is 0 Å². The van der Waals surface area contributed by atoms with Crippen LogP contribution in [0, 0.1) is 5.82 Å². The molecular weight excluding hydrogens is 427 g/mol. The number of aromatic nitrogens is 1. The number of hydrogen-bond donors (Lipinski definition) is 0. The molecule has 2 aromatic carbocycles. The van der Waals surface area contributed by atoms with Crippen molar-refractivity contribution in [1.82, 2.24) is 9.29 Å². The van der Waals surface area contributed by atoms with Crippen LogP contribution in [0.2, 0.25) is 0 Å². The van der Waals surface area contributed by atoms with Gasteiger partial charge in [0.25, 0.3) is 0 Å². The summed E-state index contributed by atoms with van der Waals surface area (Å²) >= 11 is 0. The molecule has 0 saturated carbocycles. The number of nitrogens with zero attached hydrogens (tertiary/aromatic N) is 2. The molecule has 0 aliphatic carbocycles. The van der Waals surface area contributed by atoms with E-state index in [0.29, 0.717) is 5.76 Å². The van der Waals surface area contributed by atoms with E-state index in [9.17, 15) is 17.6 Å². The Balaban J connectivity index is 1.47. The molecule has 0 bridgehead atoms. The fourth-order valence-electron chi connectivity index (χ4n) is 3.08. The Labute approximate surface area is 178 Å². The number of carbonyl (C=O) groups excluding carboxylic acids is 1. The van der Waals surface area contributed by atoms with Crippen LogP contribution in [-0.4, -0.2) is 50.0 Å². The van der Waals surface area contributed by atoms with Crippen LogP contribution < -0.4 is 0 Å². The molecule has 2 heterocycles. The van der Waals surface area contributed by atoms with E-state index in [0.717, 1.165) is 22.0 Å². The Kier molecular flexibility index (Phi) is 6.12. The minimum Gasteiger partial charge on any atom is -0.452 e. The van der Waals surface area contributed by atoms with E-state index in [1.165, 1.54) is 12.3 Å². The molecule has 10 heteroatoms. The van der Waals surface area contributed by atoms with Gasteiger partial charge < -0.3 is 13.9 Å². The number of halogens is 1. The lowest BCUT2D eigenvalue weighted by atomic mass is 10.2. The summed E-state index contributed by atoms with van der Waals surface area (Å²) in [7, 11) is -4.10. The lowest BCUT2D eigenvalue weighted by Crippen LogP contribution is -2.41.